The number of rotatable bonds is 9. The van der Waals surface area contributed by atoms with Crippen LogP contribution in [0.1, 0.15) is 39.9 Å². The van der Waals surface area contributed by atoms with E-state index in [2.05, 4.69) is 15.7 Å². The first kappa shape index (κ1) is 33.1. The van der Waals surface area contributed by atoms with E-state index in [4.69, 9.17) is 0 Å². The fraction of sp³-hybridized carbons (Fsp3) is 0.235. The van der Waals surface area contributed by atoms with Gasteiger partial charge in [-0.05, 0) is 75.1 Å². The Labute approximate surface area is 268 Å². The summed E-state index contributed by atoms with van der Waals surface area (Å²) in [5.74, 6) is -3.38. The summed E-state index contributed by atoms with van der Waals surface area (Å²) in [5, 5.41) is 9.79. The average molecular weight is 649 g/mol. The molecule has 0 radical (unpaired) electrons. The third-order valence-corrected chi connectivity index (χ3v) is 7.57. The number of carbonyl (C=O) groups is 3. The van der Waals surface area contributed by atoms with E-state index >= 15 is 4.39 Å². The Morgan fingerprint density at radius 2 is 1.77 bits per heavy atom. The van der Waals surface area contributed by atoms with Gasteiger partial charge in [0.1, 0.15) is 17.7 Å². The Hall–Kier alpha value is -5.30. The van der Waals surface area contributed by atoms with Crippen molar-refractivity contribution in [2.75, 3.05) is 37.4 Å². The molecule has 2 heterocycles. The predicted molar refractivity (Wildman–Crippen MR) is 169 cm³/mol. The summed E-state index contributed by atoms with van der Waals surface area (Å²) in [6.07, 6.45) is -0.228. The number of alkyl halides is 3. The molecule has 0 aliphatic carbocycles. The minimum absolute atomic E-state index is 0.102. The second-order valence-corrected chi connectivity index (χ2v) is 11.2. The van der Waals surface area contributed by atoms with E-state index in [-0.39, 0.29) is 23.4 Å². The maximum atomic E-state index is 15.2. The monoisotopic (exact) mass is 648 g/mol. The quantitative estimate of drug-likeness (QED) is 0.188. The number of aromatic nitrogens is 2. The molecule has 0 bridgehead atoms. The summed E-state index contributed by atoms with van der Waals surface area (Å²) in [4.78, 5) is 43.5. The van der Waals surface area contributed by atoms with Gasteiger partial charge in [0.2, 0.25) is 5.91 Å². The SMILES string of the molecule is CCN1C(=O)C(NC(=O)c2cccc(C(F)(F)F)c2)C(c2cc(F)cc(NC(=O)/C=C/CN(C)C)c2)c2cnn(-c3ccccc3)c21. The molecule has 0 saturated carbocycles. The van der Waals surface area contributed by atoms with Crippen molar-refractivity contribution in [2.45, 2.75) is 25.1 Å². The van der Waals surface area contributed by atoms with Gasteiger partial charge in [0.05, 0.1) is 17.4 Å². The fourth-order valence-electron chi connectivity index (χ4n) is 5.50. The summed E-state index contributed by atoms with van der Waals surface area (Å²) in [6, 6.07) is 15.3. The molecular weight excluding hydrogens is 616 g/mol. The molecule has 0 saturated heterocycles. The van der Waals surface area contributed by atoms with Gasteiger partial charge in [0.15, 0.2) is 0 Å². The third-order valence-electron chi connectivity index (χ3n) is 7.57. The van der Waals surface area contributed by atoms with E-state index in [0.717, 1.165) is 18.2 Å². The smallest absolute Gasteiger partial charge is 0.339 e. The van der Waals surface area contributed by atoms with Crippen molar-refractivity contribution >= 4 is 29.2 Å². The molecule has 3 aromatic carbocycles. The van der Waals surface area contributed by atoms with Crippen LogP contribution in [0.4, 0.5) is 29.1 Å². The largest absolute Gasteiger partial charge is 0.416 e. The predicted octanol–water partition coefficient (Wildman–Crippen LogP) is 5.38. The molecule has 2 unspecified atom stereocenters. The zero-order chi connectivity index (χ0) is 33.9. The van der Waals surface area contributed by atoms with Crippen LogP contribution in [0.25, 0.3) is 5.69 Å². The van der Waals surface area contributed by atoms with Gasteiger partial charge in [-0.15, -0.1) is 0 Å². The molecule has 3 amide bonds. The first-order valence-corrected chi connectivity index (χ1v) is 14.7. The number of likely N-dealkylation sites (N-methyl/N-ethyl adjacent to an activating group) is 2. The molecule has 47 heavy (non-hydrogen) atoms. The van der Waals surface area contributed by atoms with Crippen LogP contribution >= 0.6 is 0 Å². The highest BCUT2D eigenvalue weighted by molar-refractivity contribution is 6.05. The zero-order valence-electron chi connectivity index (χ0n) is 25.8. The topological polar surface area (TPSA) is 99.6 Å². The third kappa shape index (κ3) is 7.25. The van der Waals surface area contributed by atoms with E-state index in [9.17, 15) is 27.6 Å². The highest BCUT2D eigenvalue weighted by atomic mass is 19.4. The van der Waals surface area contributed by atoms with Crippen molar-refractivity contribution in [3.05, 3.63) is 119 Å². The Kier molecular flexibility index (Phi) is 9.56. The first-order chi connectivity index (χ1) is 22.4. The standard InChI is InChI=1S/C34H32F4N6O3/c1-4-43-32-27(20-39-44(32)26-12-6-5-7-13-26)29(22-17-24(35)19-25(18-22)40-28(45)14-9-15-42(2)3)30(33(43)47)41-31(46)21-10-8-11-23(16-21)34(36,37)38/h5-14,16-20,29-30H,4,15H2,1-3H3,(H,40,45)(H,41,46)/b14-9+. The van der Waals surface area contributed by atoms with Crippen molar-refractivity contribution < 1.29 is 31.9 Å². The van der Waals surface area contributed by atoms with Crippen LogP contribution < -0.4 is 15.5 Å². The number of hydrogen-bond donors (Lipinski definition) is 2. The molecule has 0 spiro atoms. The first-order valence-electron chi connectivity index (χ1n) is 14.7. The molecule has 13 heteroatoms. The number of halogens is 4. The van der Waals surface area contributed by atoms with Crippen molar-refractivity contribution in [1.82, 2.24) is 20.0 Å². The van der Waals surface area contributed by atoms with Gasteiger partial charge >= 0.3 is 6.18 Å². The Morgan fingerprint density at radius 3 is 2.45 bits per heavy atom. The van der Waals surface area contributed by atoms with Crippen molar-refractivity contribution in [1.29, 1.82) is 0 Å². The number of para-hydroxylation sites is 1. The van der Waals surface area contributed by atoms with Gasteiger partial charge in [0.25, 0.3) is 11.8 Å². The molecule has 2 N–H and O–H groups in total. The van der Waals surface area contributed by atoms with Crippen molar-refractivity contribution in [3.8, 4) is 5.69 Å². The minimum atomic E-state index is -4.69. The molecule has 1 aliphatic heterocycles. The molecule has 1 aromatic heterocycles. The lowest BCUT2D eigenvalue weighted by Gasteiger charge is -2.38. The molecule has 0 fully saturated rings. The van der Waals surface area contributed by atoms with Crippen LogP contribution in [0.5, 0.6) is 0 Å². The lowest BCUT2D eigenvalue weighted by Crippen LogP contribution is -2.55. The van der Waals surface area contributed by atoms with Crippen LogP contribution in [0.15, 0.2) is 91.1 Å². The maximum Gasteiger partial charge on any atom is 0.416 e. The van der Waals surface area contributed by atoms with Crippen LogP contribution in [0.3, 0.4) is 0 Å². The number of fused-ring (bicyclic) bond motifs is 1. The van der Waals surface area contributed by atoms with Gasteiger partial charge < -0.3 is 15.5 Å². The second kappa shape index (κ2) is 13.6. The minimum Gasteiger partial charge on any atom is -0.339 e. The van der Waals surface area contributed by atoms with Crippen LogP contribution in [-0.4, -0.2) is 65.6 Å². The Morgan fingerprint density at radius 1 is 1.02 bits per heavy atom. The zero-order valence-corrected chi connectivity index (χ0v) is 25.8. The number of hydrogen-bond acceptors (Lipinski definition) is 5. The summed E-state index contributed by atoms with van der Waals surface area (Å²) >= 11 is 0. The van der Waals surface area contributed by atoms with Gasteiger partial charge in [0, 0.05) is 41.9 Å². The lowest BCUT2D eigenvalue weighted by molar-refractivity contribution is -0.137. The van der Waals surface area contributed by atoms with Crippen LogP contribution in [-0.2, 0) is 15.8 Å². The number of benzene rings is 3. The summed E-state index contributed by atoms with van der Waals surface area (Å²) in [7, 11) is 3.67. The molecule has 9 nitrogen and oxygen atoms in total. The van der Waals surface area contributed by atoms with E-state index < -0.39 is 47.2 Å². The van der Waals surface area contributed by atoms with Crippen LogP contribution in [0, 0.1) is 5.82 Å². The van der Waals surface area contributed by atoms with E-state index in [1.165, 1.54) is 35.4 Å². The number of anilines is 2. The van der Waals surface area contributed by atoms with Crippen molar-refractivity contribution in [2.24, 2.45) is 0 Å². The lowest BCUT2D eigenvalue weighted by atomic mass is 9.82. The molecule has 5 rings (SSSR count). The number of amides is 3. The fourth-order valence-corrected chi connectivity index (χ4v) is 5.50. The molecular formula is C34H32F4N6O3. The van der Waals surface area contributed by atoms with E-state index in [0.29, 0.717) is 29.7 Å². The summed E-state index contributed by atoms with van der Waals surface area (Å²) in [5.41, 5.74) is 0.0929. The molecule has 2 atom stereocenters. The second-order valence-electron chi connectivity index (χ2n) is 11.2. The number of carbonyl (C=O) groups excluding carboxylic acids is 3. The Bertz CT molecular complexity index is 1820. The average Bonchev–Trinajstić information content (AvgIpc) is 3.45. The van der Waals surface area contributed by atoms with Gasteiger partial charge in [-0.2, -0.15) is 18.3 Å². The highest BCUT2D eigenvalue weighted by Crippen LogP contribution is 2.42. The maximum absolute atomic E-state index is 15.2. The molecule has 4 aromatic rings. The van der Waals surface area contributed by atoms with E-state index in [1.807, 2.05) is 25.1 Å². The van der Waals surface area contributed by atoms with Crippen molar-refractivity contribution in [3.63, 3.8) is 0 Å². The molecule has 1 aliphatic rings. The number of nitrogens with zero attached hydrogens (tertiary/aromatic N) is 4. The Balaban J connectivity index is 1.61. The van der Waals surface area contributed by atoms with Gasteiger partial charge in [-0.25, -0.2) is 9.07 Å². The van der Waals surface area contributed by atoms with Crippen LogP contribution in [0.2, 0.25) is 0 Å². The highest BCUT2D eigenvalue weighted by Gasteiger charge is 2.44. The van der Waals surface area contributed by atoms with Gasteiger partial charge in [-0.3, -0.25) is 19.3 Å². The number of nitrogens with one attached hydrogen (secondary N) is 2. The normalized spacial score (nSPS) is 16.4. The van der Waals surface area contributed by atoms with Gasteiger partial charge in [-0.1, -0.05) is 30.3 Å². The summed E-state index contributed by atoms with van der Waals surface area (Å²) in [6.45, 7) is 2.40. The molecule has 244 valence electrons. The summed E-state index contributed by atoms with van der Waals surface area (Å²) < 4.78 is 57.1. The van der Waals surface area contributed by atoms with E-state index in [1.54, 1.807) is 41.9 Å².